The van der Waals surface area contributed by atoms with Crippen LogP contribution in [-0.4, -0.2) is 21.1 Å². The van der Waals surface area contributed by atoms with E-state index in [1.807, 2.05) is 13.0 Å². The number of hydrogen-bond donors (Lipinski definition) is 3. The summed E-state index contributed by atoms with van der Waals surface area (Å²) in [5.74, 6) is 0.0603. The van der Waals surface area contributed by atoms with Gasteiger partial charge in [0.1, 0.15) is 11.5 Å². The zero-order chi connectivity index (χ0) is 12.3. The first-order valence-corrected chi connectivity index (χ1v) is 5.15. The number of nitrogens with zero attached hydrogens (tertiary/aromatic N) is 2. The molecule has 2 aromatic rings. The maximum absolute atomic E-state index is 11.7. The molecule has 1 amide bonds. The molecule has 6 nitrogen and oxygen atoms in total. The van der Waals surface area contributed by atoms with Gasteiger partial charge in [-0.15, -0.1) is 0 Å². The van der Waals surface area contributed by atoms with Crippen LogP contribution in [0.15, 0.2) is 24.5 Å². The normalized spacial score (nSPS) is 10.2. The monoisotopic (exact) mass is 231 g/mol. The van der Waals surface area contributed by atoms with Crippen molar-refractivity contribution in [1.82, 2.24) is 20.5 Å². The zero-order valence-electron chi connectivity index (χ0n) is 9.40. The summed E-state index contributed by atoms with van der Waals surface area (Å²) in [6.07, 6.45) is 3.45. The van der Waals surface area contributed by atoms with Gasteiger partial charge in [0.15, 0.2) is 0 Å². The summed E-state index contributed by atoms with van der Waals surface area (Å²) in [4.78, 5) is 15.7. The lowest BCUT2D eigenvalue weighted by atomic mass is 10.1. The van der Waals surface area contributed by atoms with E-state index < -0.39 is 0 Å². The zero-order valence-corrected chi connectivity index (χ0v) is 9.40. The van der Waals surface area contributed by atoms with Crippen LogP contribution in [0.2, 0.25) is 0 Å². The summed E-state index contributed by atoms with van der Waals surface area (Å²) in [6, 6.07) is 3.39. The predicted molar refractivity (Wildman–Crippen MR) is 63.1 cm³/mol. The molecule has 17 heavy (non-hydrogen) atoms. The standard InChI is InChI=1S/C11H13N5O/c1-7-2-3-13-5-8(7)6-14-11(17)9-4-10(12)16-15-9/h2-5H,6H2,1H3,(H,14,17)(H3,12,15,16). The molecular formula is C11H13N5O. The number of aryl methyl sites for hydroxylation is 1. The number of anilines is 1. The average molecular weight is 231 g/mol. The molecule has 2 heterocycles. The van der Waals surface area contributed by atoms with Gasteiger partial charge in [0, 0.05) is 25.0 Å². The lowest BCUT2D eigenvalue weighted by Crippen LogP contribution is -2.23. The summed E-state index contributed by atoms with van der Waals surface area (Å²) in [7, 11) is 0. The fourth-order valence-corrected chi connectivity index (χ4v) is 1.41. The highest BCUT2D eigenvalue weighted by molar-refractivity contribution is 5.92. The number of nitrogens with one attached hydrogen (secondary N) is 2. The second-order valence-corrected chi connectivity index (χ2v) is 3.69. The number of hydrogen-bond acceptors (Lipinski definition) is 4. The van der Waals surface area contributed by atoms with Crippen LogP contribution in [-0.2, 0) is 6.54 Å². The van der Waals surface area contributed by atoms with Gasteiger partial charge in [0.25, 0.3) is 5.91 Å². The van der Waals surface area contributed by atoms with Crippen molar-refractivity contribution in [2.24, 2.45) is 0 Å². The summed E-state index contributed by atoms with van der Waals surface area (Å²) in [5, 5.41) is 9.01. The first-order valence-electron chi connectivity index (χ1n) is 5.15. The van der Waals surface area contributed by atoms with Gasteiger partial charge in [-0.05, 0) is 24.1 Å². The predicted octanol–water partition coefficient (Wildman–Crippen LogP) is 0.625. The highest BCUT2D eigenvalue weighted by Crippen LogP contribution is 2.05. The number of aromatic amines is 1. The molecular weight excluding hydrogens is 218 g/mol. The Kier molecular flexibility index (Phi) is 3.04. The summed E-state index contributed by atoms with van der Waals surface area (Å²) in [6.45, 7) is 2.40. The van der Waals surface area contributed by atoms with Crippen molar-refractivity contribution in [3.63, 3.8) is 0 Å². The largest absolute Gasteiger partial charge is 0.382 e. The van der Waals surface area contributed by atoms with E-state index in [1.54, 1.807) is 12.4 Å². The maximum atomic E-state index is 11.7. The van der Waals surface area contributed by atoms with E-state index in [-0.39, 0.29) is 5.91 Å². The molecule has 6 heteroatoms. The Hall–Kier alpha value is -2.37. The van der Waals surface area contributed by atoms with Gasteiger partial charge in [-0.1, -0.05) is 0 Å². The molecule has 2 aromatic heterocycles. The van der Waals surface area contributed by atoms with Gasteiger partial charge < -0.3 is 11.1 Å². The SMILES string of the molecule is Cc1ccncc1CNC(=O)c1cc(N)n[nH]1. The second-order valence-electron chi connectivity index (χ2n) is 3.69. The third kappa shape index (κ3) is 2.60. The van der Waals surface area contributed by atoms with Crippen LogP contribution in [0.1, 0.15) is 21.6 Å². The second kappa shape index (κ2) is 4.65. The number of carbonyl (C=O) groups excluding carboxylic acids is 1. The van der Waals surface area contributed by atoms with E-state index >= 15 is 0 Å². The lowest BCUT2D eigenvalue weighted by Gasteiger charge is -2.05. The lowest BCUT2D eigenvalue weighted by molar-refractivity contribution is 0.0946. The van der Waals surface area contributed by atoms with E-state index in [1.165, 1.54) is 6.07 Å². The number of rotatable bonds is 3. The quantitative estimate of drug-likeness (QED) is 0.721. The van der Waals surface area contributed by atoms with Crippen molar-refractivity contribution >= 4 is 11.7 Å². The van der Waals surface area contributed by atoms with Crippen molar-refractivity contribution in [2.45, 2.75) is 13.5 Å². The fourth-order valence-electron chi connectivity index (χ4n) is 1.41. The maximum Gasteiger partial charge on any atom is 0.269 e. The van der Waals surface area contributed by atoms with E-state index in [0.29, 0.717) is 18.1 Å². The van der Waals surface area contributed by atoms with Crippen molar-refractivity contribution in [3.8, 4) is 0 Å². The minimum Gasteiger partial charge on any atom is -0.382 e. The smallest absolute Gasteiger partial charge is 0.269 e. The molecule has 0 aliphatic heterocycles. The molecule has 88 valence electrons. The first-order chi connectivity index (χ1) is 8.16. The topological polar surface area (TPSA) is 96.7 Å². The van der Waals surface area contributed by atoms with Gasteiger partial charge in [0.05, 0.1) is 0 Å². The first kappa shape index (κ1) is 11.1. The van der Waals surface area contributed by atoms with Crippen LogP contribution < -0.4 is 11.1 Å². The highest BCUT2D eigenvalue weighted by Gasteiger charge is 2.08. The highest BCUT2D eigenvalue weighted by atomic mass is 16.1. The number of aromatic nitrogens is 3. The fraction of sp³-hybridized carbons (Fsp3) is 0.182. The summed E-state index contributed by atoms with van der Waals surface area (Å²) < 4.78 is 0. The van der Waals surface area contributed by atoms with Gasteiger partial charge in [-0.25, -0.2) is 0 Å². The van der Waals surface area contributed by atoms with E-state index in [2.05, 4.69) is 20.5 Å². The Labute approximate surface area is 98.3 Å². The van der Waals surface area contributed by atoms with Gasteiger partial charge in [-0.2, -0.15) is 5.10 Å². The van der Waals surface area contributed by atoms with Gasteiger partial charge >= 0.3 is 0 Å². The van der Waals surface area contributed by atoms with Crippen molar-refractivity contribution in [3.05, 3.63) is 41.3 Å². The molecule has 0 aliphatic rings. The molecule has 0 atom stereocenters. The van der Waals surface area contributed by atoms with Crippen LogP contribution in [0.25, 0.3) is 0 Å². The molecule has 4 N–H and O–H groups in total. The number of carbonyl (C=O) groups is 1. The number of pyridine rings is 1. The van der Waals surface area contributed by atoms with E-state index in [0.717, 1.165) is 11.1 Å². The van der Waals surface area contributed by atoms with Gasteiger partial charge in [0.2, 0.25) is 0 Å². The van der Waals surface area contributed by atoms with Crippen LogP contribution in [0.5, 0.6) is 0 Å². The number of nitrogen functional groups attached to an aromatic ring is 1. The Balaban J connectivity index is 1.99. The third-order valence-electron chi connectivity index (χ3n) is 2.43. The molecule has 0 fully saturated rings. The average Bonchev–Trinajstić information content (AvgIpc) is 2.74. The molecule has 0 unspecified atom stereocenters. The third-order valence-corrected chi connectivity index (χ3v) is 2.43. The molecule has 0 bridgehead atoms. The van der Waals surface area contributed by atoms with Crippen molar-refractivity contribution in [2.75, 3.05) is 5.73 Å². The van der Waals surface area contributed by atoms with E-state index in [4.69, 9.17) is 5.73 Å². The molecule has 0 spiro atoms. The Bertz CT molecular complexity index is 534. The van der Waals surface area contributed by atoms with Crippen molar-refractivity contribution in [1.29, 1.82) is 0 Å². The molecule has 0 aromatic carbocycles. The molecule has 0 saturated heterocycles. The minimum absolute atomic E-state index is 0.238. The van der Waals surface area contributed by atoms with Crippen LogP contribution in [0.4, 0.5) is 5.82 Å². The molecule has 0 saturated carbocycles. The van der Waals surface area contributed by atoms with Crippen LogP contribution >= 0.6 is 0 Å². The van der Waals surface area contributed by atoms with Crippen LogP contribution in [0, 0.1) is 6.92 Å². The Morgan fingerprint density at radius 3 is 3.06 bits per heavy atom. The van der Waals surface area contributed by atoms with Crippen LogP contribution in [0.3, 0.4) is 0 Å². The summed E-state index contributed by atoms with van der Waals surface area (Å²) in [5.41, 5.74) is 7.83. The minimum atomic E-state index is -0.238. The number of nitrogens with two attached hydrogens (primary N) is 1. The molecule has 0 radical (unpaired) electrons. The Morgan fingerprint density at radius 2 is 2.41 bits per heavy atom. The number of H-pyrrole nitrogens is 1. The van der Waals surface area contributed by atoms with E-state index in [9.17, 15) is 4.79 Å². The summed E-state index contributed by atoms with van der Waals surface area (Å²) >= 11 is 0. The Morgan fingerprint density at radius 1 is 1.59 bits per heavy atom. The molecule has 2 rings (SSSR count). The molecule has 0 aliphatic carbocycles. The van der Waals surface area contributed by atoms with Crippen molar-refractivity contribution < 1.29 is 4.79 Å². The number of amides is 1. The van der Waals surface area contributed by atoms with Gasteiger partial charge in [-0.3, -0.25) is 14.9 Å².